The van der Waals surface area contributed by atoms with Crippen LogP contribution in [-0.2, 0) is 0 Å². The number of anilines is 1. The summed E-state index contributed by atoms with van der Waals surface area (Å²) in [5, 5.41) is 1.26. The minimum Gasteiger partial charge on any atom is -0.368 e. The molecule has 2 aromatic carbocycles. The Morgan fingerprint density at radius 1 is 1.07 bits per heavy atom. The van der Waals surface area contributed by atoms with Gasteiger partial charge in [0.15, 0.2) is 0 Å². The zero-order valence-electron chi connectivity index (χ0n) is 15.0. The molecular weight excluding hydrogens is 365 g/mol. The zero-order chi connectivity index (χ0) is 19.0. The highest BCUT2D eigenvalue weighted by atomic mass is 35.5. The fourth-order valence-electron chi connectivity index (χ4n) is 3.52. The first kappa shape index (κ1) is 17.7. The first-order chi connectivity index (χ1) is 13.0. The van der Waals surface area contributed by atoms with E-state index in [4.69, 9.17) is 11.6 Å². The molecule has 0 radical (unpaired) electrons. The summed E-state index contributed by atoms with van der Waals surface area (Å²) in [6.45, 7) is 4.49. The highest BCUT2D eigenvalue weighted by Crippen LogP contribution is 2.24. The second kappa shape index (κ2) is 7.16. The van der Waals surface area contributed by atoms with Crippen molar-refractivity contribution in [3.05, 3.63) is 70.6 Å². The maximum Gasteiger partial charge on any atom is 0.254 e. The lowest BCUT2D eigenvalue weighted by molar-refractivity contribution is 0.0748. The number of carbonyl (C=O) groups excluding carboxylic acids is 1. The first-order valence-electron chi connectivity index (χ1n) is 8.88. The number of nitrogens with zero attached hydrogens (tertiary/aromatic N) is 3. The molecule has 0 spiro atoms. The number of rotatable bonds is 2. The van der Waals surface area contributed by atoms with E-state index in [0.717, 1.165) is 24.5 Å². The summed E-state index contributed by atoms with van der Waals surface area (Å²) in [6.07, 6.45) is 0. The molecule has 0 bridgehead atoms. The van der Waals surface area contributed by atoms with Crippen LogP contribution in [0, 0.1) is 12.7 Å². The number of amides is 1. The Balaban J connectivity index is 1.56. The molecule has 0 saturated carbocycles. The van der Waals surface area contributed by atoms with Crippen molar-refractivity contribution in [2.45, 2.75) is 6.92 Å². The van der Waals surface area contributed by atoms with Gasteiger partial charge < -0.3 is 9.80 Å². The Kier molecular flexibility index (Phi) is 4.70. The van der Waals surface area contributed by atoms with Gasteiger partial charge in [0.1, 0.15) is 5.82 Å². The predicted octanol–water partition coefficient (Wildman–Crippen LogP) is 4.30. The highest BCUT2D eigenvalue weighted by molar-refractivity contribution is 6.30. The third-order valence-corrected chi connectivity index (χ3v) is 5.10. The van der Waals surface area contributed by atoms with Crippen LogP contribution in [0.4, 0.5) is 10.1 Å². The molecule has 4 nitrogen and oxygen atoms in total. The molecule has 1 fully saturated rings. The van der Waals surface area contributed by atoms with Crippen LogP contribution in [0.5, 0.6) is 0 Å². The van der Waals surface area contributed by atoms with Crippen molar-refractivity contribution in [3.63, 3.8) is 0 Å². The van der Waals surface area contributed by atoms with Gasteiger partial charge in [0, 0.05) is 48.0 Å². The number of benzene rings is 2. The quantitative estimate of drug-likeness (QED) is 0.662. The Morgan fingerprint density at radius 3 is 2.59 bits per heavy atom. The van der Waals surface area contributed by atoms with Crippen LogP contribution in [0.1, 0.15) is 16.1 Å². The van der Waals surface area contributed by atoms with E-state index in [1.54, 1.807) is 12.1 Å². The van der Waals surface area contributed by atoms with Crippen molar-refractivity contribution < 1.29 is 9.18 Å². The molecule has 1 saturated heterocycles. The molecule has 2 heterocycles. The van der Waals surface area contributed by atoms with Crippen molar-refractivity contribution in [2.75, 3.05) is 31.1 Å². The summed E-state index contributed by atoms with van der Waals surface area (Å²) in [6, 6.07) is 13.8. The van der Waals surface area contributed by atoms with E-state index in [9.17, 15) is 9.18 Å². The summed E-state index contributed by atoms with van der Waals surface area (Å²) >= 11 is 6.08. The molecule has 0 unspecified atom stereocenters. The molecule has 1 aliphatic heterocycles. The first-order valence-corrected chi connectivity index (χ1v) is 9.26. The molecule has 0 aliphatic carbocycles. The van der Waals surface area contributed by atoms with E-state index in [1.807, 2.05) is 36.1 Å². The Hall–Kier alpha value is -2.66. The van der Waals surface area contributed by atoms with Gasteiger partial charge in [-0.3, -0.25) is 9.78 Å². The minimum atomic E-state index is -0.368. The molecule has 27 heavy (non-hydrogen) atoms. The SMILES string of the molecule is Cc1cc(C(=O)N2CCN(c3cccc(Cl)c3)CC2)c2cc(F)ccc2n1. The number of aryl methyl sites for hydroxylation is 1. The third kappa shape index (κ3) is 3.60. The second-order valence-corrected chi connectivity index (χ2v) is 7.17. The van der Waals surface area contributed by atoms with Crippen LogP contribution >= 0.6 is 11.6 Å². The summed E-state index contributed by atoms with van der Waals surface area (Å²) in [4.78, 5) is 21.6. The molecule has 4 rings (SSSR count). The number of hydrogen-bond donors (Lipinski definition) is 0. The van der Waals surface area contributed by atoms with Crippen molar-refractivity contribution in [1.29, 1.82) is 0 Å². The fraction of sp³-hybridized carbons (Fsp3) is 0.238. The Bertz CT molecular complexity index is 1020. The number of aromatic nitrogens is 1. The Labute approximate surface area is 162 Å². The van der Waals surface area contributed by atoms with Gasteiger partial charge >= 0.3 is 0 Å². The average Bonchev–Trinajstić information content (AvgIpc) is 2.67. The van der Waals surface area contributed by atoms with E-state index < -0.39 is 0 Å². The lowest BCUT2D eigenvalue weighted by Gasteiger charge is -2.36. The Morgan fingerprint density at radius 2 is 1.85 bits per heavy atom. The van der Waals surface area contributed by atoms with Crippen molar-refractivity contribution >= 4 is 34.1 Å². The standard InChI is InChI=1S/C21H19ClFN3O/c1-14-11-19(18-13-16(23)5-6-20(18)24-14)21(27)26-9-7-25(8-10-26)17-4-2-3-15(22)12-17/h2-6,11-13H,7-10H2,1H3. The summed E-state index contributed by atoms with van der Waals surface area (Å²) in [5.41, 5.74) is 2.95. The van der Waals surface area contributed by atoms with E-state index in [2.05, 4.69) is 9.88 Å². The zero-order valence-corrected chi connectivity index (χ0v) is 15.7. The van der Waals surface area contributed by atoms with E-state index in [-0.39, 0.29) is 11.7 Å². The van der Waals surface area contributed by atoms with Crippen molar-refractivity contribution in [3.8, 4) is 0 Å². The molecule has 1 aliphatic rings. The predicted molar refractivity (Wildman–Crippen MR) is 106 cm³/mol. The maximum absolute atomic E-state index is 13.7. The summed E-state index contributed by atoms with van der Waals surface area (Å²) < 4.78 is 13.7. The second-order valence-electron chi connectivity index (χ2n) is 6.73. The van der Waals surface area contributed by atoms with Crippen molar-refractivity contribution in [2.24, 2.45) is 0 Å². The van der Waals surface area contributed by atoms with Crippen LogP contribution in [0.2, 0.25) is 5.02 Å². The van der Waals surface area contributed by atoms with E-state index in [0.29, 0.717) is 34.6 Å². The van der Waals surface area contributed by atoms with E-state index >= 15 is 0 Å². The van der Waals surface area contributed by atoms with Gasteiger partial charge in [-0.25, -0.2) is 4.39 Å². The molecule has 1 aromatic heterocycles. The van der Waals surface area contributed by atoms with Crippen molar-refractivity contribution in [1.82, 2.24) is 9.88 Å². The number of carbonyl (C=O) groups is 1. The normalized spacial score (nSPS) is 14.6. The topological polar surface area (TPSA) is 36.4 Å². The van der Waals surface area contributed by atoms with Gasteiger partial charge in [0.05, 0.1) is 11.1 Å². The molecule has 0 atom stereocenters. The van der Waals surface area contributed by atoms with Gasteiger partial charge in [0.25, 0.3) is 5.91 Å². The van der Waals surface area contributed by atoms with Gasteiger partial charge in [-0.2, -0.15) is 0 Å². The lowest BCUT2D eigenvalue weighted by atomic mass is 10.1. The molecule has 6 heteroatoms. The highest BCUT2D eigenvalue weighted by Gasteiger charge is 2.24. The monoisotopic (exact) mass is 383 g/mol. The molecule has 1 amide bonds. The number of hydrogen-bond acceptors (Lipinski definition) is 3. The molecule has 138 valence electrons. The maximum atomic E-state index is 13.7. The number of piperazine rings is 1. The molecule has 3 aromatic rings. The number of halogens is 2. The van der Waals surface area contributed by atoms with Crippen LogP contribution in [-0.4, -0.2) is 42.0 Å². The smallest absolute Gasteiger partial charge is 0.254 e. The average molecular weight is 384 g/mol. The lowest BCUT2D eigenvalue weighted by Crippen LogP contribution is -2.48. The fourth-order valence-corrected chi connectivity index (χ4v) is 3.70. The summed E-state index contributed by atoms with van der Waals surface area (Å²) in [7, 11) is 0. The number of pyridine rings is 1. The largest absolute Gasteiger partial charge is 0.368 e. The summed E-state index contributed by atoms with van der Waals surface area (Å²) in [5.74, 6) is -0.449. The number of fused-ring (bicyclic) bond motifs is 1. The van der Waals surface area contributed by atoms with Gasteiger partial charge in [0.2, 0.25) is 0 Å². The third-order valence-electron chi connectivity index (χ3n) is 4.87. The van der Waals surface area contributed by atoms with Gasteiger partial charge in [-0.15, -0.1) is 0 Å². The molecular formula is C21H19ClFN3O. The van der Waals surface area contributed by atoms with Crippen LogP contribution in [0.25, 0.3) is 10.9 Å². The van der Waals surface area contributed by atoms with Crippen LogP contribution < -0.4 is 4.90 Å². The minimum absolute atomic E-state index is 0.0816. The molecule has 0 N–H and O–H groups in total. The van der Waals surface area contributed by atoms with Gasteiger partial charge in [-0.05, 0) is 49.4 Å². The van der Waals surface area contributed by atoms with Crippen LogP contribution in [0.3, 0.4) is 0 Å². The van der Waals surface area contributed by atoms with Crippen LogP contribution in [0.15, 0.2) is 48.5 Å². The van der Waals surface area contributed by atoms with E-state index in [1.165, 1.54) is 12.1 Å². The van der Waals surface area contributed by atoms with Gasteiger partial charge in [-0.1, -0.05) is 17.7 Å².